The molecular weight excluding hydrogens is 298 g/mol. The lowest BCUT2D eigenvalue weighted by Gasteiger charge is -2.05. The van der Waals surface area contributed by atoms with Crippen molar-refractivity contribution in [1.82, 2.24) is 0 Å². The number of Topliss-reactive ketones (excluding diaryl/α,β-unsaturated/α-hetero) is 1. The van der Waals surface area contributed by atoms with Crippen LogP contribution in [-0.4, -0.2) is 11.5 Å². The number of rotatable bonds is 6. The number of halogens is 1. The van der Waals surface area contributed by atoms with Gasteiger partial charge in [-0.05, 0) is 41.8 Å². The molecule has 2 rings (SSSR count). The normalized spacial score (nSPS) is 10.6. The number of anilines is 1. The molecule has 0 spiro atoms. The van der Waals surface area contributed by atoms with Crippen LogP contribution in [0.2, 0.25) is 5.02 Å². The minimum Gasteiger partial charge on any atom is -0.398 e. The minimum atomic E-state index is 0.222. The van der Waals surface area contributed by atoms with E-state index in [0.717, 1.165) is 21.9 Å². The molecule has 0 amide bonds. The Morgan fingerprint density at radius 2 is 2.21 bits per heavy atom. The van der Waals surface area contributed by atoms with Gasteiger partial charge in [-0.15, -0.1) is 23.1 Å². The Balaban J connectivity index is 1.76. The van der Waals surface area contributed by atoms with Crippen LogP contribution in [0.5, 0.6) is 0 Å². The Morgan fingerprint density at radius 3 is 2.89 bits per heavy atom. The summed E-state index contributed by atoms with van der Waals surface area (Å²) in [6.45, 7) is 0. The van der Waals surface area contributed by atoms with Crippen LogP contribution in [0.4, 0.5) is 5.69 Å². The molecule has 0 fully saturated rings. The first-order chi connectivity index (χ1) is 9.16. The highest BCUT2D eigenvalue weighted by atomic mass is 35.5. The number of nitrogens with two attached hydrogens (primary N) is 1. The lowest BCUT2D eigenvalue weighted by Crippen LogP contribution is -1.97. The smallest absolute Gasteiger partial charge is 0.172 e. The zero-order chi connectivity index (χ0) is 13.7. The molecular formula is C14H14ClNOS2. The summed E-state index contributed by atoms with van der Waals surface area (Å²) in [5.41, 5.74) is 6.57. The summed E-state index contributed by atoms with van der Waals surface area (Å²) < 4.78 is 0. The maximum Gasteiger partial charge on any atom is 0.172 e. The largest absolute Gasteiger partial charge is 0.398 e. The average molecular weight is 312 g/mol. The second-order valence-corrected chi connectivity index (χ2v) is 6.56. The van der Waals surface area contributed by atoms with Gasteiger partial charge in [0.2, 0.25) is 0 Å². The van der Waals surface area contributed by atoms with E-state index in [1.165, 1.54) is 11.3 Å². The Labute approximate surface area is 126 Å². The predicted molar refractivity (Wildman–Crippen MR) is 84.5 cm³/mol. The number of carbonyl (C=O) groups excluding carboxylic acids is 1. The Bertz CT molecular complexity index is 555. The van der Waals surface area contributed by atoms with Crippen LogP contribution in [0.3, 0.4) is 0 Å². The summed E-state index contributed by atoms with van der Waals surface area (Å²) in [4.78, 5) is 13.7. The standard InChI is InChI=1S/C14H14ClNOS2/c15-10-5-6-13(11(16)9-10)18-7-1-3-12(17)14-4-2-8-19-14/h2,4-6,8-9H,1,3,7,16H2. The quantitative estimate of drug-likeness (QED) is 0.363. The highest BCUT2D eigenvalue weighted by molar-refractivity contribution is 7.99. The van der Waals surface area contributed by atoms with Crippen LogP contribution in [0.15, 0.2) is 40.6 Å². The van der Waals surface area contributed by atoms with Gasteiger partial charge in [0.05, 0.1) is 4.88 Å². The first kappa shape index (κ1) is 14.4. The second-order valence-electron chi connectivity index (χ2n) is 4.03. The van der Waals surface area contributed by atoms with Gasteiger partial charge in [-0.1, -0.05) is 17.7 Å². The highest BCUT2D eigenvalue weighted by Crippen LogP contribution is 2.28. The van der Waals surface area contributed by atoms with Gasteiger partial charge in [0.15, 0.2) is 5.78 Å². The van der Waals surface area contributed by atoms with Crippen molar-refractivity contribution < 1.29 is 4.79 Å². The third kappa shape index (κ3) is 4.27. The second kappa shape index (κ2) is 6.98. The predicted octanol–water partition coefficient (Wildman–Crippen LogP) is 4.74. The van der Waals surface area contributed by atoms with Gasteiger partial charge < -0.3 is 5.73 Å². The van der Waals surface area contributed by atoms with E-state index < -0.39 is 0 Å². The third-order valence-electron chi connectivity index (χ3n) is 2.57. The van der Waals surface area contributed by atoms with Crippen molar-refractivity contribution in [3.8, 4) is 0 Å². The molecule has 2 aromatic rings. The Morgan fingerprint density at radius 1 is 1.37 bits per heavy atom. The van der Waals surface area contributed by atoms with Gasteiger partial charge in [-0.2, -0.15) is 0 Å². The average Bonchev–Trinajstić information content (AvgIpc) is 2.90. The van der Waals surface area contributed by atoms with Crippen molar-refractivity contribution in [1.29, 1.82) is 0 Å². The molecule has 0 unspecified atom stereocenters. The van der Waals surface area contributed by atoms with Crippen LogP contribution < -0.4 is 5.73 Å². The lowest BCUT2D eigenvalue weighted by molar-refractivity contribution is 0.0986. The molecule has 0 aliphatic heterocycles. The highest BCUT2D eigenvalue weighted by Gasteiger charge is 2.07. The van der Waals surface area contributed by atoms with Crippen molar-refractivity contribution in [2.75, 3.05) is 11.5 Å². The fourth-order valence-electron chi connectivity index (χ4n) is 1.63. The molecule has 2 N–H and O–H groups in total. The summed E-state index contributed by atoms with van der Waals surface area (Å²) in [6, 6.07) is 9.28. The number of hydrogen-bond acceptors (Lipinski definition) is 4. The zero-order valence-electron chi connectivity index (χ0n) is 10.3. The monoisotopic (exact) mass is 311 g/mol. The molecule has 0 saturated carbocycles. The molecule has 2 nitrogen and oxygen atoms in total. The molecule has 1 heterocycles. The van der Waals surface area contributed by atoms with Crippen LogP contribution in [-0.2, 0) is 0 Å². The van der Waals surface area contributed by atoms with E-state index in [4.69, 9.17) is 17.3 Å². The molecule has 5 heteroatoms. The van der Waals surface area contributed by atoms with Gasteiger partial charge in [-0.25, -0.2) is 0 Å². The molecule has 100 valence electrons. The van der Waals surface area contributed by atoms with E-state index in [0.29, 0.717) is 17.1 Å². The number of thiophene rings is 1. The molecule has 0 radical (unpaired) electrons. The van der Waals surface area contributed by atoms with Gasteiger partial charge in [-0.3, -0.25) is 4.79 Å². The van der Waals surface area contributed by atoms with Crippen molar-refractivity contribution >= 4 is 46.2 Å². The number of nitrogen functional groups attached to an aromatic ring is 1. The van der Waals surface area contributed by atoms with E-state index in [1.807, 2.05) is 29.6 Å². The van der Waals surface area contributed by atoms with Crippen molar-refractivity contribution in [3.63, 3.8) is 0 Å². The number of benzene rings is 1. The van der Waals surface area contributed by atoms with E-state index in [2.05, 4.69) is 0 Å². The molecule has 0 bridgehead atoms. The lowest BCUT2D eigenvalue weighted by atomic mass is 10.2. The fraction of sp³-hybridized carbons (Fsp3) is 0.214. The van der Waals surface area contributed by atoms with Crippen molar-refractivity contribution in [3.05, 3.63) is 45.6 Å². The summed E-state index contributed by atoms with van der Waals surface area (Å²) >= 11 is 9.01. The molecule has 0 aliphatic carbocycles. The molecule has 19 heavy (non-hydrogen) atoms. The van der Waals surface area contributed by atoms with E-state index in [1.54, 1.807) is 17.8 Å². The number of hydrogen-bond donors (Lipinski definition) is 1. The van der Waals surface area contributed by atoms with Gasteiger partial charge in [0.1, 0.15) is 0 Å². The van der Waals surface area contributed by atoms with Crippen LogP contribution in [0, 0.1) is 0 Å². The van der Waals surface area contributed by atoms with E-state index in [9.17, 15) is 4.79 Å². The minimum absolute atomic E-state index is 0.222. The van der Waals surface area contributed by atoms with Gasteiger partial charge >= 0.3 is 0 Å². The summed E-state index contributed by atoms with van der Waals surface area (Å²) in [5.74, 6) is 1.10. The topological polar surface area (TPSA) is 43.1 Å². The zero-order valence-corrected chi connectivity index (χ0v) is 12.7. The fourth-order valence-corrected chi connectivity index (χ4v) is 3.40. The van der Waals surface area contributed by atoms with Crippen LogP contribution in [0.1, 0.15) is 22.5 Å². The van der Waals surface area contributed by atoms with E-state index >= 15 is 0 Å². The van der Waals surface area contributed by atoms with Crippen molar-refractivity contribution in [2.45, 2.75) is 17.7 Å². The summed E-state index contributed by atoms with van der Waals surface area (Å²) in [6.07, 6.45) is 1.43. The Hall–Kier alpha value is -0.970. The number of ketones is 1. The first-order valence-electron chi connectivity index (χ1n) is 5.91. The molecule has 0 atom stereocenters. The van der Waals surface area contributed by atoms with E-state index in [-0.39, 0.29) is 5.78 Å². The maximum atomic E-state index is 11.8. The molecule has 0 saturated heterocycles. The van der Waals surface area contributed by atoms with Crippen LogP contribution in [0.25, 0.3) is 0 Å². The molecule has 1 aromatic heterocycles. The summed E-state index contributed by atoms with van der Waals surface area (Å²) in [7, 11) is 0. The third-order valence-corrected chi connectivity index (χ3v) is 4.90. The molecule has 0 aliphatic rings. The van der Waals surface area contributed by atoms with Gasteiger partial charge in [0.25, 0.3) is 0 Å². The van der Waals surface area contributed by atoms with Crippen molar-refractivity contribution in [2.24, 2.45) is 0 Å². The van der Waals surface area contributed by atoms with Crippen LogP contribution >= 0.6 is 34.7 Å². The maximum absolute atomic E-state index is 11.8. The number of thioether (sulfide) groups is 1. The SMILES string of the molecule is Nc1cc(Cl)ccc1SCCCC(=O)c1cccs1. The molecule has 1 aromatic carbocycles. The first-order valence-corrected chi connectivity index (χ1v) is 8.15. The summed E-state index contributed by atoms with van der Waals surface area (Å²) in [5, 5.41) is 2.57. The Kier molecular flexibility index (Phi) is 5.31. The van der Waals surface area contributed by atoms with Gasteiger partial charge in [0, 0.05) is 22.0 Å². The number of carbonyl (C=O) groups is 1.